The number of likely N-dealkylation sites (tertiary alicyclic amines) is 1. The molecule has 1 aromatic rings. The highest BCUT2D eigenvalue weighted by Crippen LogP contribution is 2.31. The molecule has 3 N–H and O–H groups in total. The van der Waals surface area contributed by atoms with Crippen molar-refractivity contribution in [2.75, 3.05) is 45.9 Å². The van der Waals surface area contributed by atoms with Crippen LogP contribution in [-0.4, -0.2) is 83.6 Å². The number of nitrogens with zero attached hydrogens (tertiary/aromatic N) is 2. The molecule has 3 fully saturated rings. The molecule has 2 amide bonds. The van der Waals surface area contributed by atoms with Crippen LogP contribution in [0.25, 0.3) is 0 Å². The number of rotatable bonds is 7. The van der Waals surface area contributed by atoms with Gasteiger partial charge in [-0.3, -0.25) is 19.4 Å². The smallest absolute Gasteiger partial charge is 0.325 e. The highest BCUT2D eigenvalue weighted by atomic mass is 16.5. The molecule has 2 saturated heterocycles. The van der Waals surface area contributed by atoms with Gasteiger partial charge >= 0.3 is 5.69 Å². The quantitative estimate of drug-likeness (QED) is 0.528. The predicted octanol–water partition coefficient (Wildman–Crippen LogP) is -0.858. The van der Waals surface area contributed by atoms with Gasteiger partial charge in [0.05, 0.1) is 6.10 Å². The molecule has 30 heavy (non-hydrogen) atoms. The fraction of sp³-hybridized carbons (Fsp3) is 0.700. The molecule has 4 rings (SSSR count). The molecule has 3 heterocycles. The summed E-state index contributed by atoms with van der Waals surface area (Å²) in [5, 5.41) is 2.65. The standard InChI is InChI=1S/C20H29N5O5/c26-17-12-30-15(7-21-18(27)16-8-22-20(29)23-19(16)28)11-25(17)10-14-3-5-24(6-4-14)9-13-1-2-13/h8,13-15H,1-7,9-12H2,(H,21,27)(H2,22,23,28,29)/t15-/m0/s1. The van der Waals surface area contributed by atoms with E-state index in [1.807, 2.05) is 9.88 Å². The number of hydrogen-bond acceptors (Lipinski definition) is 6. The Morgan fingerprint density at radius 1 is 1.10 bits per heavy atom. The lowest BCUT2D eigenvalue weighted by Gasteiger charge is -2.38. The first kappa shape index (κ1) is 20.8. The number of amides is 2. The van der Waals surface area contributed by atoms with Crippen molar-refractivity contribution >= 4 is 11.8 Å². The number of nitrogens with one attached hydrogen (secondary N) is 3. The van der Waals surface area contributed by atoms with Crippen molar-refractivity contribution in [2.24, 2.45) is 11.8 Å². The summed E-state index contributed by atoms with van der Waals surface area (Å²) in [4.78, 5) is 55.9. The molecule has 0 bridgehead atoms. The molecule has 1 saturated carbocycles. The number of ether oxygens (including phenoxy) is 1. The van der Waals surface area contributed by atoms with Crippen molar-refractivity contribution < 1.29 is 14.3 Å². The number of hydrogen-bond donors (Lipinski definition) is 3. The van der Waals surface area contributed by atoms with Gasteiger partial charge in [0.15, 0.2) is 0 Å². The molecule has 164 valence electrons. The van der Waals surface area contributed by atoms with E-state index in [2.05, 4.69) is 15.2 Å². The highest BCUT2D eigenvalue weighted by molar-refractivity contribution is 5.93. The lowest BCUT2D eigenvalue weighted by molar-refractivity contribution is -0.149. The Labute approximate surface area is 174 Å². The Kier molecular flexibility index (Phi) is 6.33. The lowest BCUT2D eigenvalue weighted by Crippen LogP contribution is -2.52. The van der Waals surface area contributed by atoms with Crippen LogP contribution in [0.4, 0.5) is 0 Å². The van der Waals surface area contributed by atoms with Crippen molar-refractivity contribution in [2.45, 2.75) is 31.8 Å². The molecule has 0 radical (unpaired) electrons. The van der Waals surface area contributed by atoms with Crippen molar-refractivity contribution in [3.05, 3.63) is 32.6 Å². The van der Waals surface area contributed by atoms with Gasteiger partial charge in [-0.05, 0) is 50.6 Å². The summed E-state index contributed by atoms with van der Waals surface area (Å²) in [6, 6.07) is 0. The van der Waals surface area contributed by atoms with E-state index in [0.29, 0.717) is 12.5 Å². The number of carbonyl (C=O) groups excluding carboxylic acids is 2. The fourth-order valence-electron chi connectivity index (χ4n) is 4.19. The van der Waals surface area contributed by atoms with Gasteiger partial charge in [0.1, 0.15) is 12.2 Å². The van der Waals surface area contributed by atoms with Gasteiger partial charge in [0, 0.05) is 32.4 Å². The van der Waals surface area contributed by atoms with Gasteiger partial charge in [-0.15, -0.1) is 0 Å². The molecular formula is C20H29N5O5. The average molecular weight is 419 g/mol. The third-order valence-electron chi connectivity index (χ3n) is 6.17. The molecule has 10 heteroatoms. The van der Waals surface area contributed by atoms with Crippen LogP contribution in [-0.2, 0) is 9.53 Å². The van der Waals surface area contributed by atoms with E-state index >= 15 is 0 Å². The van der Waals surface area contributed by atoms with Crippen molar-refractivity contribution in [3.8, 4) is 0 Å². The minimum absolute atomic E-state index is 0.000300. The molecule has 0 aromatic carbocycles. The van der Waals surface area contributed by atoms with E-state index in [4.69, 9.17) is 4.74 Å². The van der Waals surface area contributed by atoms with E-state index < -0.39 is 17.2 Å². The van der Waals surface area contributed by atoms with E-state index in [1.54, 1.807) is 0 Å². The number of aromatic amines is 2. The van der Waals surface area contributed by atoms with Gasteiger partial charge in [0.25, 0.3) is 11.5 Å². The second-order valence-electron chi connectivity index (χ2n) is 8.61. The number of piperidine rings is 1. The van der Waals surface area contributed by atoms with Gasteiger partial charge in [-0.2, -0.15) is 0 Å². The van der Waals surface area contributed by atoms with Crippen LogP contribution in [0.5, 0.6) is 0 Å². The molecule has 3 aliphatic rings. The summed E-state index contributed by atoms with van der Waals surface area (Å²) in [5.74, 6) is 0.792. The van der Waals surface area contributed by atoms with Crippen LogP contribution in [0.15, 0.2) is 15.8 Å². The van der Waals surface area contributed by atoms with Crippen LogP contribution >= 0.6 is 0 Å². The van der Waals surface area contributed by atoms with Crippen LogP contribution in [0.3, 0.4) is 0 Å². The summed E-state index contributed by atoms with van der Waals surface area (Å²) >= 11 is 0. The third kappa shape index (κ3) is 5.37. The minimum Gasteiger partial charge on any atom is -0.365 e. The molecule has 1 atom stereocenters. The first-order chi connectivity index (χ1) is 14.5. The van der Waals surface area contributed by atoms with Crippen LogP contribution in [0.2, 0.25) is 0 Å². The summed E-state index contributed by atoms with van der Waals surface area (Å²) in [5.41, 5.74) is -1.58. The largest absolute Gasteiger partial charge is 0.365 e. The first-order valence-electron chi connectivity index (χ1n) is 10.7. The Hall–Kier alpha value is -2.46. The zero-order valence-corrected chi connectivity index (χ0v) is 17.0. The Balaban J connectivity index is 1.24. The molecular weight excluding hydrogens is 390 g/mol. The monoisotopic (exact) mass is 419 g/mol. The zero-order valence-electron chi connectivity index (χ0n) is 17.0. The summed E-state index contributed by atoms with van der Waals surface area (Å²) in [6.07, 6.45) is 5.71. The summed E-state index contributed by atoms with van der Waals surface area (Å²) < 4.78 is 5.56. The van der Waals surface area contributed by atoms with Gasteiger partial charge in [0.2, 0.25) is 5.91 Å². The number of morpholine rings is 1. The maximum Gasteiger partial charge on any atom is 0.325 e. The average Bonchev–Trinajstić information content (AvgIpc) is 3.54. The van der Waals surface area contributed by atoms with E-state index in [1.165, 1.54) is 19.4 Å². The molecule has 0 unspecified atom stereocenters. The van der Waals surface area contributed by atoms with Crippen molar-refractivity contribution in [1.82, 2.24) is 25.1 Å². The first-order valence-corrected chi connectivity index (χ1v) is 10.7. The number of aromatic nitrogens is 2. The van der Waals surface area contributed by atoms with Crippen LogP contribution < -0.4 is 16.6 Å². The lowest BCUT2D eigenvalue weighted by atomic mass is 9.95. The Morgan fingerprint density at radius 3 is 2.53 bits per heavy atom. The van der Waals surface area contributed by atoms with E-state index in [0.717, 1.165) is 44.6 Å². The second-order valence-corrected chi connectivity index (χ2v) is 8.61. The molecule has 10 nitrogen and oxygen atoms in total. The minimum atomic E-state index is -0.745. The molecule has 1 aromatic heterocycles. The molecule has 2 aliphatic heterocycles. The van der Waals surface area contributed by atoms with Crippen LogP contribution in [0.1, 0.15) is 36.0 Å². The van der Waals surface area contributed by atoms with E-state index in [9.17, 15) is 19.2 Å². The maximum atomic E-state index is 12.3. The molecule has 0 spiro atoms. The van der Waals surface area contributed by atoms with Crippen molar-refractivity contribution in [3.63, 3.8) is 0 Å². The highest BCUT2D eigenvalue weighted by Gasteiger charge is 2.31. The molecule has 1 aliphatic carbocycles. The Morgan fingerprint density at radius 2 is 1.83 bits per heavy atom. The van der Waals surface area contributed by atoms with E-state index in [-0.39, 0.29) is 30.7 Å². The maximum absolute atomic E-state index is 12.3. The summed E-state index contributed by atoms with van der Waals surface area (Å²) in [6.45, 7) is 4.76. The van der Waals surface area contributed by atoms with Gasteiger partial charge < -0.3 is 24.8 Å². The predicted molar refractivity (Wildman–Crippen MR) is 108 cm³/mol. The van der Waals surface area contributed by atoms with Gasteiger partial charge in [-0.1, -0.05) is 0 Å². The third-order valence-corrected chi connectivity index (χ3v) is 6.17. The van der Waals surface area contributed by atoms with Crippen LogP contribution in [0, 0.1) is 11.8 Å². The number of H-pyrrole nitrogens is 2. The zero-order chi connectivity index (χ0) is 21.1. The van der Waals surface area contributed by atoms with Crippen molar-refractivity contribution in [1.29, 1.82) is 0 Å². The summed E-state index contributed by atoms with van der Waals surface area (Å²) in [7, 11) is 0. The Bertz CT molecular complexity index is 884. The normalized spacial score (nSPS) is 23.5. The second kappa shape index (κ2) is 9.13. The van der Waals surface area contributed by atoms with Gasteiger partial charge in [-0.25, -0.2) is 4.79 Å². The SMILES string of the molecule is O=C(NC[C@H]1CN(CC2CCN(CC3CC3)CC2)C(=O)CO1)c1c[nH]c(=O)[nH]c1=O. The topological polar surface area (TPSA) is 128 Å². The number of carbonyl (C=O) groups is 2. The fourth-order valence-corrected chi connectivity index (χ4v) is 4.19.